The molecule has 2 amide bonds. The standard InChI is InChI=1S/C22H24N6O2.C3H7N/c23-20-18-17(11-28(16-6-1-2-7-16)21(18)25-12-24-20)19(29)13-4-3-5-15(10-13)27-22(30)26-14-8-9-14;4-3-1-2-3/h3-5,10-12,14,16H,1-2,6-9H2,(H2,23,24,25)(H2,26,27,30);3H,1-2,4H2. The summed E-state index contributed by atoms with van der Waals surface area (Å²) in [4.78, 5) is 34.0. The zero-order chi connectivity index (χ0) is 23.7. The third kappa shape index (κ3) is 5.04. The lowest BCUT2D eigenvalue weighted by atomic mass is 10.0. The molecular formula is C25H31N7O2. The first-order valence-electron chi connectivity index (χ1n) is 12.1. The van der Waals surface area contributed by atoms with E-state index in [0.29, 0.717) is 45.7 Å². The van der Waals surface area contributed by atoms with Crippen molar-refractivity contribution in [3.63, 3.8) is 0 Å². The first-order valence-corrected chi connectivity index (χ1v) is 12.1. The zero-order valence-corrected chi connectivity index (χ0v) is 19.2. The molecule has 0 unspecified atom stereocenters. The Balaban J connectivity index is 0.000000547. The Kier molecular flexibility index (Phi) is 6.19. The number of nitrogens with one attached hydrogen (secondary N) is 2. The quantitative estimate of drug-likeness (QED) is 0.427. The second kappa shape index (κ2) is 9.42. The van der Waals surface area contributed by atoms with Gasteiger partial charge in [-0.1, -0.05) is 25.0 Å². The minimum atomic E-state index is -0.252. The van der Waals surface area contributed by atoms with Gasteiger partial charge in [0.05, 0.1) is 10.9 Å². The molecule has 9 nitrogen and oxygen atoms in total. The molecule has 6 rings (SSSR count). The van der Waals surface area contributed by atoms with Gasteiger partial charge in [-0.05, 0) is 50.7 Å². The van der Waals surface area contributed by atoms with Gasteiger partial charge in [-0.2, -0.15) is 0 Å². The SMILES string of the molecule is NC1CC1.Nc1ncnc2c1c(C(=O)c1cccc(NC(=O)NC3CC3)c1)cn2C1CCCC1. The number of ketones is 1. The molecule has 2 heterocycles. The molecule has 0 atom stereocenters. The Hall–Kier alpha value is -3.46. The summed E-state index contributed by atoms with van der Waals surface area (Å²) < 4.78 is 2.08. The normalized spacial score (nSPS) is 17.8. The molecule has 1 aromatic carbocycles. The summed E-state index contributed by atoms with van der Waals surface area (Å²) in [7, 11) is 0. The average molecular weight is 462 g/mol. The van der Waals surface area contributed by atoms with Gasteiger partial charge in [0.1, 0.15) is 17.8 Å². The van der Waals surface area contributed by atoms with Crippen LogP contribution in [0.1, 0.15) is 73.3 Å². The van der Waals surface area contributed by atoms with Crippen LogP contribution in [0.3, 0.4) is 0 Å². The molecule has 3 aromatic rings. The molecule has 178 valence electrons. The van der Waals surface area contributed by atoms with E-state index in [0.717, 1.165) is 25.7 Å². The summed E-state index contributed by atoms with van der Waals surface area (Å²) in [5.41, 5.74) is 13.6. The fraction of sp³-hybridized carbons (Fsp3) is 0.440. The van der Waals surface area contributed by atoms with Crippen LogP contribution in [0, 0.1) is 0 Å². The minimum Gasteiger partial charge on any atom is -0.383 e. The molecule has 6 N–H and O–H groups in total. The Morgan fingerprint density at radius 1 is 1.03 bits per heavy atom. The maximum absolute atomic E-state index is 13.4. The van der Waals surface area contributed by atoms with E-state index in [1.807, 2.05) is 6.20 Å². The van der Waals surface area contributed by atoms with Crippen molar-refractivity contribution in [2.45, 2.75) is 69.5 Å². The Morgan fingerprint density at radius 3 is 2.44 bits per heavy atom. The number of hydrogen-bond donors (Lipinski definition) is 4. The number of nitrogen functional groups attached to an aromatic ring is 1. The lowest BCUT2D eigenvalue weighted by molar-refractivity contribution is 0.104. The van der Waals surface area contributed by atoms with Gasteiger partial charge in [-0.3, -0.25) is 4.79 Å². The van der Waals surface area contributed by atoms with Crippen molar-refractivity contribution in [3.05, 3.63) is 47.9 Å². The molecule has 3 aliphatic rings. The highest BCUT2D eigenvalue weighted by Gasteiger charge is 2.26. The van der Waals surface area contributed by atoms with Gasteiger partial charge in [0.25, 0.3) is 0 Å². The summed E-state index contributed by atoms with van der Waals surface area (Å²) >= 11 is 0. The van der Waals surface area contributed by atoms with Crippen molar-refractivity contribution >= 4 is 34.4 Å². The predicted molar refractivity (Wildman–Crippen MR) is 132 cm³/mol. The molecule has 3 fully saturated rings. The van der Waals surface area contributed by atoms with E-state index in [4.69, 9.17) is 11.5 Å². The summed E-state index contributed by atoms with van der Waals surface area (Å²) in [6.45, 7) is 0. The predicted octanol–water partition coefficient (Wildman–Crippen LogP) is 3.75. The zero-order valence-electron chi connectivity index (χ0n) is 19.2. The molecule has 0 bridgehead atoms. The fourth-order valence-electron chi connectivity index (χ4n) is 4.31. The smallest absolute Gasteiger partial charge is 0.319 e. The fourth-order valence-corrected chi connectivity index (χ4v) is 4.31. The van der Waals surface area contributed by atoms with Gasteiger partial charge in [0.15, 0.2) is 5.78 Å². The van der Waals surface area contributed by atoms with Crippen LogP contribution in [0.5, 0.6) is 0 Å². The molecule has 3 saturated carbocycles. The number of rotatable bonds is 5. The van der Waals surface area contributed by atoms with Crippen LogP contribution < -0.4 is 22.1 Å². The van der Waals surface area contributed by atoms with Gasteiger partial charge in [0.2, 0.25) is 0 Å². The minimum absolute atomic E-state index is 0.163. The van der Waals surface area contributed by atoms with Crippen molar-refractivity contribution in [1.82, 2.24) is 19.9 Å². The van der Waals surface area contributed by atoms with E-state index in [-0.39, 0.29) is 17.9 Å². The number of benzene rings is 1. The summed E-state index contributed by atoms with van der Waals surface area (Å²) in [5, 5.41) is 6.28. The van der Waals surface area contributed by atoms with Crippen molar-refractivity contribution in [3.8, 4) is 0 Å². The van der Waals surface area contributed by atoms with Crippen LogP contribution in [-0.2, 0) is 0 Å². The Labute approximate surface area is 198 Å². The van der Waals surface area contributed by atoms with E-state index in [9.17, 15) is 9.59 Å². The molecule has 0 radical (unpaired) electrons. The highest BCUT2D eigenvalue weighted by Crippen LogP contribution is 2.35. The number of nitrogens with two attached hydrogens (primary N) is 2. The van der Waals surface area contributed by atoms with E-state index in [1.165, 1.54) is 32.0 Å². The van der Waals surface area contributed by atoms with Gasteiger partial charge < -0.3 is 26.7 Å². The molecule has 0 spiro atoms. The van der Waals surface area contributed by atoms with Crippen LogP contribution in [0.2, 0.25) is 0 Å². The second-order valence-corrected chi connectivity index (χ2v) is 9.47. The van der Waals surface area contributed by atoms with Crippen LogP contribution in [0.15, 0.2) is 36.8 Å². The largest absolute Gasteiger partial charge is 0.383 e. The molecule has 34 heavy (non-hydrogen) atoms. The highest BCUT2D eigenvalue weighted by molar-refractivity contribution is 6.18. The van der Waals surface area contributed by atoms with E-state index in [2.05, 4.69) is 25.2 Å². The van der Waals surface area contributed by atoms with Crippen LogP contribution >= 0.6 is 0 Å². The Morgan fingerprint density at radius 2 is 1.76 bits per heavy atom. The van der Waals surface area contributed by atoms with Crippen LogP contribution in [0.4, 0.5) is 16.3 Å². The van der Waals surface area contributed by atoms with E-state index < -0.39 is 0 Å². The first kappa shape index (κ1) is 22.3. The number of urea groups is 1. The lowest BCUT2D eigenvalue weighted by Crippen LogP contribution is -2.30. The van der Waals surface area contributed by atoms with E-state index in [1.54, 1.807) is 24.3 Å². The molecule has 0 saturated heterocycles. The molecule has 2 aromatic heterocycles. The van der Waals surface area contributed by atoms with Gasteiger partial charge in [-0.25, -0.2) is 14.8 Å². The summed E-state index contributed by atoms with van der Waals surface area (Å²) in [6.07, 6.45) is 12.3. The number of hydrogen-bond acceptors (Lipinski definition) is 6. The van der Waals surface area contributed by atoms with Gasteiger partial charge >= 0.3 is 6.03 Å². The maximum atomic E-state index is 13.4. The molecule has 3 aliphatic carbocycles. The van der Waals surface area contributed by atoms with E-state index >= 15 is 0 Å². The molecule has 9 heteroatoms. The van der Waals surface area contributed by atoms with Crippen molar-refractivity contribution in [2.24, 2.45) is 5.73 Å². The number of anilines is 2. The van der Waals surface area contributed by atoms with Crippen LogP contribution in [0.25, 0.3) is 11.0 Å². The van der Waals surface area contributed by atoms with Crippen LogP contribution in [-0.4, -0.2) is 38.4 Å². The van der Waals surface area contributed by atoms with Crippen molar-refractivity contribution in [2.75, 3.05) is 11.1 Å². The lowest BCUT2D eigenvalue weighted by Gasteiger charge is -2.12. The van der Waals surface area contributed by atoms with Crippen molar-refractivity contribution in [1.29, 1.82) is 0 Å². The number of nitrogens with zero attached hydrogens (tertiary/aromatic N) is 3. The number of carbonyl (C=O) groups excluding carboxylic acids is 2. The number of fused-ring (bicyclic) bond motifs is 1. The summed E-state index contributed by atoms with van der Waals surface area (Å²) in [6, 6.07) is 7.87. The monoisotopic (exact) mass is 461 g/mol. The molecule has 0 aliphatic heterocycles. The first-order chi connectivity index (χ1) is 16.5. The summed E-state index contributed by atoms with van der Waals surface area (Å²) in [5.74, 6) is 0.141. The maximum Gasteiger partial charge on any atom is 0.319 e. The average Bonchev–Trinajstić information content (AvgIpc) is 3.70. The third-order valence-electron chi connectivity index (χ3n) is 6.52. The Bertz CT molecular complexity index is 1210. The number of amides is 2. The van der Waals surface area contributed by atoms with Crippen molar-refractivity contribution < 1.29 is 9.59 Å². The highest BCUT2D eigenvalue weighted by atomic mass is 16.2. The third-order valence-corrected chi connectivity index (χ3v) is 6.52. The topological polar surface area (TPSA) is 141 Å². The van der Waals surface area contributed by atoms with Gasteiger partial charge in [0, 0.05) is 35.6 Å². The molecular weight excluding hydrogens is 430 g/mol. The second-order valence-electron chi connectivity index (χ2n) is 9.47. The number of carbonyl (C=O) groups is 2. The van der Waals surface area contributed by atoms with Gasteiger partial charge in [-0.15, -0.1) is 0 Å². The number of aromatic nitrogens is 3.